The van der Waals surface area contributed by atoms with E-state index in [2.05, 4.69) is 4.84 Å². The summed E-state index contributed by atoms with van der Waals surface area (Å²) >= 11 is 1.03. The number of likely N-dealkylation sites (tertiary alicyclic amines) is 1. The van der Waals surface area contributed by atoms with Gasteiger partial charge in [0, 0.05) is 18.4 Å². The normalized spacial score (nSPS) is 28.3. The highest BCUT2D eigenvalue weighted by Gasteiger charge is 2.68. The van der Waals surface area contributed by atoms with Gasteiger partial charge in [-0.3, -0.25) is 24.1 Å². The molecule has 3 saturated heterocycles. The Morgan fingerprint density at radius 1 is 1.18 bits per heavy atom. The molecule has 13 heteroatoms. The van der Waals surface area contributed by atoms with E-state index in [0.29, 0.717) is 12.0 Å². The Hall–Kier alpha value is -3.48. The van der Waals surface area contributed by atoms with E-state index >= 15 is 0 Å². The summed E-state index contributed by atoms with van der Waals surface area (Å²) in [6, 6.07) is 5.73. The molecule has 3 aliphatic rings. The summed E-state index contributed by atoms with van der Waals surface area (Å²) in [5.41, 5.74) is 0.329. The Morgan fingerprint density at radius 3 is 2.44 bits per heavy atom. The van der Waals surface area contributed by atoms with E-state index in [1.807, 2.05) is 0 Å². The quantitative estimate of drug-likeness (QED) is 0.126. The van der Waals surface area contributed by atoms with E-state index in [1.54, 1.807) is 30.3 Å². The highest BCUT2D eigenvalue weighted by Crippen LogP contribution is 2.53. The number of carbonyl (C=O) groups is 5. The molecule has 0 bridgehead atoms. The molecule has 3 amide bonds. The molecule has 12 nitrogen and oxygen atoms in total. The van der Waals surface area contributed by atoms with E-state index < -0.39 is 70.0 Å². The maximum Gasteiger partial charge on any atom is 0.330 e. The molecular formula is C21H21N3O9S. The average molecular weight is 491 g/mol. The van der Waals surface area contributed by atoms with Crippen molar-refractivity contribution in [1.82, 2.24) is 9.80 Å². The van der Waals surface area contributed by atoms with E-state index in [-0.39, 0.29) is 12.8 Å². The second kappa shape index (κ2) is 9.05. The number of imide groups is 1. The molecule has 1 aromatic carbocycles. The van der Waals surface area contributed by atoms with Crippen molar-refractivity contribution in [2.24, 2.45) is 0 Å². The molecular weight excluding hydrogens is 470 g/mol. The number of rotatable bonds is 8. The summed E-state index contributed by atoms with van der Waals surface area (Å²) in [7, 11) is 0. The van der Waals surface area contributed by atoms with Gasteiger partial charge in [-0.15, -0.1) is 21.9 Å². The predicted molar refractivity (Wildman–Crippen MR) is 115 cm³/mol. The van der Waals surface area contributed by atoms with Crippen LogP contribution >= 0.6 is 11.8 Å². The molecule has 2 unspecified atom stereocenters. The standard InChI is InChI=1S/C21H21N3O9S/c1-21(11-33-24(30)31)17(20(29)32-10-13(25)12-6-3-2-4-7-12)23-18(28)16(19(23)34-21)22-14(26)8-5-9-15(22)27/h2-4,6-7,16-17,19H,5,8-11H2,1H3/t16?,17?,19-,21-/m0/s1. The number of thioether (sulfide) groups is 1. The van der Waals surface area contributed by atoms with Crippen LogP contribution in [0.4, 0.5) is 0 Å². The van der Waals surface area contributed by atoms with Gasteiger partial charge in [0.25, 0.3) is 11.0 Å². The van der Waals surface area contributed by atoms with Crippen LogP contribution in [0.3, 0.4) is 0 Å². The first-order valence-corrected chi connectivity index (χ1v) is 11.4. The smallest absolute Gasteiger partial charge is 0.330 e. The zero-order valence-corrected chi connectivity index (χ0v) is 18.9. The Bertz CT molecular complexity index is 1050. The first-order valence-electron chi connectivity index (χ1n) is 10.5. The summed E-state index contributed by atoms with van der Waals surface area (Å²) in [4.78, 5) is 80.6. The van der Waals surface area contributed by atoms with Crippen molar-refractivity contribution in [2.45, 2.75) is 48.4 Å². The highest BCUT2D eigenvalue weighted by atomic mass is 32.2. The van der Waals surface area contributed by atoms with Crippen LogP contribution in [0.25, 0.3) is 0 Å². The molecule has 1 aromatic rings. The number of ether oxygens (including phenoxy) is 1. The first-order chi connectivity index (χ1) is 16.1. The monoisotopic (exact) mass is 491 g/mol. The zero-order valence-electron chi connectivity index (χ0n) is 18.1. The Morgan fingerprint density at radius 2 is 1.82 bits per heavy atom. The molecule has 0 spiro atoms. The number of piperidine rings is 1. The molecule has 3 heterocycles. The van der Waals surface area contributed by atoms with Gasteiger partial charge in [0.15, 0.2) is 12.4 Å². The molecule has 34 heavy (non-hydrogen) atoms. The highest BCUT2D eigenvalue weighted by molar-refractivity contribution is 8.01. The van der Waals surface area contributed by atoms with Crippen LogP contribution in [0.1, 0.15) is 36.5 Å². The molecule has 0 saturated carbocycles. The van der Waals surface area contributed by atoms with Crippen LogP contribution in [-0.2, 0) is 28.8 Å². The fourth-order valence-electron chi connectivity index (χ4n) is 4.40. The maximum absolute atomic E-state index is 13.1. The van der Waals surface area contributed by atoms with Gasteiger partial charge in [-0.25, -0.2) is 4.79 Å². The summed E-state index contributed by atoms with van der Waals surface area (Å²) in [5.74, 6) is -2.98. The van der Waals surface area contributed by atoms with E-state index in [4.69, 9.17) is 4.74 Å². The number of benzene rings is 1. The number of Topliss-reactive ketones (excluding diaryl/α,β-unsaturated/α-hetero) is 1. The van der Waals surface area contributed by atoms with Crippen LogP contribution in [0.15, 0.2) is 30.3 Å². The average Bonchev–Trinajstić information content (AvgIpc) is 3.08. The topological polar surface area (TPSA) is 153 Å². The van der Waals surface area contributed by atoms with E-state index in [0.717, 1.165) is 21.6 Å². The van der Waals surface area contributed by atoms with Crippen molar-refractivity contribution in [3.63, 3.8) is 0 Å². The van der Waals surface area contributed by atoms with Crippen LogP contribution in [-0.4, -0.2) is 79.8 Å². The van der Waals surface area contributed by atoms with Crippen LogP contribution in [0.5, 0.6) is 0 Å². The van der Waals surface area contributed by atoms with Gasteiger partial charge in [0.2, 0.25) is 11.8 Å². The minimum atomic E-state index is -1.32. The van der Waals surface area contributed by atoms with Gasteiger partial charge >= 0.3 is 5.97 Å². The second-order valence-electron chi connectivity index (χ2n) is 8.32. The lowest BCUT2D eigenvalue weighted by molar-refractivity contribution is -0.758. The Balaban J connectivity index is 1.54. The Labute approximate surface area is 197 Å². The number of β-lactam (4-membered cyclic amide) rings is 1. The molecule has 3 aliphatic heterocycles. The van der Waals surface area contributed by atoms with Crippen molar-refractivity contribution >= 4 is 41.2 Å². The number of hydrogen-bond acceptors (Lipinski definition) is 10. The summed E-state index contributed by atoms with van der Waals surface area (Å²) in [6.45, 7) is 0.357. The van der Waals surface area contributed by atoms with Gasteiger partial charge in [-0.05, 0) is 13.3 Å². The number of esters is 1. The van der Waals surface area contributed by atoms with Gasteiger partial charge in [-0.2, -0.15) is 0 Å². The lowest BCUT2D eigenvalue weighted by Crippen LogP contribution is -2.72. The summed E-state index contributed by atoms with van der Waals surface area (Å²) in [5, 5.41) is 9.02. The second-order valence-corrected chi connectivity index (χ2v) is 9.97. The molecule has 0 aromatic heterocycles. The third-order valence-corrected chi connectivity index (χ3v) is 7.62. The SMILES string of the molecule is C[C@@]1(CO[N+](=O)[O-])S[C@H]2C(N3C(=O)CCCC3=O)C(=O)N2C1C(=O)OCC(=O)c1ccccc1. The lowest BCUT2D eigenvalue weighted by Gasteiger charge is -2.48. The third kappa shape index (κ3) is 4.11. The minimum Gasteiger partial charge on any atom is -0.456 e. The minimum absolute atomic E-state index is 0.127. The number of fused-ring (bicyclic) bond motifs is 1. The molecule has 0 aliphatic carbocycles. The van der Waals surface area contributed by atoms with Crippen LogP contribution in [0.2, 0.25) is 0 Å². The molecule has 0 N–H and O–H groups in total. The number of amides is 3. The fourth-order valence-corrected chi connectivity index (χ4v) is 6.12. The first kappa shape index (κ1) is 23.7. The van der Waals surface area contributed by atoms with Crippen LogP contribution < -0.4 is 0 Å². The predicted octanol–water partition coefficient (Wildman–Crippen LogP) is 0.571. The van der Waals surface area contributed by atoms with Gasteiger partial charge in [-0.1, -0.05) is 30.3 Å². The molecule has 0 radical (unpaired) electrons. The molecule has 180 valence electrons. The largest absolute Gasteiger partial charge is 0.456 e. The fraction of sp³-hybridized carbons (Fsp3) is 0.476. The molecule has 4 atom stereocenters. The number of nitrogens with zero attached hydrogens (tertiary/aromatic N) is 3. The van der Waals surface area contributed by atoms with Crippen molar-refractivity contribution in [3.05, 3.63) is 46.0 Å². The summed E-state index contributed by atoms with van der Waals surface area (Å²) < 4.78 is 3.88. The Kier molecular flexibility index (Phi) is 6.30. The number of hydrogen-bond donors (Lipinski definition) is 0. The lowest BCUT2D eigenvalue weighted by atomic mass is 9.93. The van der Waals surface area contributed by atoms with Gasteiger partial charge in [0.05, 0.1) is 4.75 Å². The molecule has 3 fully saturated rings. The van der Waals surface area contributed by atoms with Crippen molar-refractivity contribution in [3.8, 4) is 0 Å². The van der Waals surface area contributed by atoms with E-state index in [1.165, 1.54) is 6.92 Å². The number of carbonyl (C=O) groups excluding carboxylic acids is 5. The van der Waals surface area contributed by atoms with Crippen molar-refractivity contribution < 1.29 is 38.6 Å². The maximum atomic E-state index is 13.1. The number of ketones is 1. The van der Waals surface area contributed by atoms with Crippen molar-refractivity contribution in [1.29, 1.82) is 0 Å². The molecule has 4 rings (SSSR count). The third-order valence-electron chi connectivity index (χ3n) is 6.02. The van der Waals surface area contributed by atoms with Crippen LogP contribution in [0, 0.1) is 10.1 Å². The van der Waals surface area contributed by atoms with Gasteiger partial charge < -0.3 is 14.5 Å². The van der Waals surface area contributed by atoms with E-state index in [9.17, 15) is 34.1 Å². The van der Waals surface area contributed by atoms with Crippen molar-refractivity contribution in [2.75, 3.05) is 13.2 Å². The zero-order chi connectivity index (χ0) is 24.6. The summed E-state index contributed by atoms with van der Waals surface area (Å²) in [6.07, 6.45) is 0.652. The van der Waals surface area contributed by atoms with Gasteiger partial charge in [0.1, 0.15) is 24.1 Å².